The number of hydrogen-bond acceptors (Lipinski definition) is 0. The highest BCUT2D eigenvalue weighted by molar-refractivity contribution is 5.23. The molecule has 0 aromatic heterocycles. The summed E-state index contributed by atoms with van der Waals surface area (Å²) >= 11 is 0. The average molecular weight is 145 g/mol. The standard InChI is InChI=1S/C11H13/c1-2-3-5-8-11-9-6-4-7-10-11/h2-4,6-10H,5H2,1H3. The Labute approximate surface area is 68.6 Å². The quantitative estimate of drug-likeness (QED) is 0.573. The van der Waals surface area contributed by atoms with Crippen LogP contribution in [0, 0.1) is 6.42 Å². The first-order chi connectivity index (χ1) is 5.43. The molecule has 0 aliphatic heterocycles. The van der Waals surface area contributed by atoms with Gasteiger partial charge >= 0.3 is 0 Å². The Hall–Kier alpha value is -1.04. The Morgan fingerprint density at radius 1 is 1.18 bits per heavy atom. The van der Waals surface area contributed by atoms with Crippen molar-refractivity contribution >= 4 is 0 Å². The molecule has 57 valence electrons. The van der Waals surface area contributed by atoms with Crippen molar-refractivity contribution in [1.82, 2.24) is 0 Å². The Bertz CT molecular complexity index is 209. The van der Waals surface area contributed by atoms with Gasteiger partial charge in [0.05, 0.1) is 0 Å². The molecule has 0 N–H and O–H groups in total. The first kappa shape index (κ1) is 8.06. The topological polar surface area (TPSA) is 0 Å². The summed E-state index contributed by atoms with van der Waals surface area (Å²) in [4.78, 5) is 0. The van der Waals surface area contributed by atoms with Crippen LogP contribution in [-0.2, 0) is 0 Å². The lowest BCUT2D eigenvalue weighted by Crippen LogP contribution is -1.77. The third-order valence-electron chi connectivity index (χ3n) is 1.52. The molecule has 0 heteroatoms. The summed E-state index contributed by atoms with van der Waals surface area (Å²) in [7, 11) is 0. The SMILES string of the molecule is CC=CC[CH]c1ccccc1. The molecule has 0 heterocycles. The van der Waals surface area contributed by atoms with Crippen LogP contribution in [0.15, 0.2) is 42.5 Å². The molecule has 0 saturated heterocycles. The van der Waals surface area contributed by atoms with Crippen LogP contribution >= 0.6 is 0 Å². The molecule has 0 spiro atoms. The maximum Gasteiger partial charge on any atom is -0.00556 e. The molecular weight excluding hydrogens is 132 g/mol. The Morgan fingerprint density at radius 2 is 1.91 bits per heavy atom. The zero-order valence-electron chi connectivity index (χ0n) is 6.83. The molecule has 0 nitrogen and oxygen atoms in total. The van der Waals surface area contributed by atoms with E-state index in [2.05, 4.69) is 42.8 Å². The van der Waals surface area contributed by atoms with Gasteiger partial charge in [-0.05, 0) is 25.3 Å². The number of hydrogen-bond donors (Lipinski definition) is 0. The highest BCUT2D eigenvalue weighted by Crippen LogP contribution is 2.04. The fraction of sp³-hybridized carbons (Fsp3) is 0.182. The lowest BCUT2D eigenvalue weighted by atomic mass is 10.1. The van der Waals surface area contributed by atoms with Crippen LogP contribution in [0.3, 0.4) is 0 Å². The van der Waals surface area contributed by atoms with Crippen molar-refractivity contribution in [2.24, 2.45) is 0 Å². The van der Waals surface area contributed by atoms with E-state index in [0.29, 0.717) is 0 Å². The molecule has 1 rings (SSSR count). The molecule has 0 fully saturated rings. The predicted molar refractivity (Wildman–Crippen MR) is 49.3 cm³/mol. The van der Waals surface area contributed by atoms with E-state index >= 15 is 0 Å². The van der Waals surface area contributed by atoms with Gasteiger partial charge < -0.3 is 0 Å². The first-order valence-corrected chi connectivity index (χ1v) is 3.93. The summed E-state index contributed by atoms with van der Waals surface area (Å²) in [6, 6.07) is 10.4. The summed E-state index contributed by atoms with van der Waals surface area (Å²) in [5.74, 6) is 0. The molecule has 0 saturated carbocycles. The van der Waals surface area contributed by atoms with Crippen LogP contribution < -0.4 is 0 Å². The summed E-state index contributed by atoms with van der Waals surface area (Å²) < 4.78 is 0. The first-order valence-electron chi connectivity index (χ1n) is 3.93. The second-order valence-corrected chi connectivity index (χ2v) is 2.42. The van der Waals surface area contributed by atoms with Gasteiger partial charge in [0.25, 0.3) is 0 Å². The molecular formula is C11H13. The van der Waals surface area contributed by atoms with E-state index in [9.17, 15) is 0 Å². The van der Waals surface area contributed by atoms with Crippen LogP contribution in [-0.4, -0.2) is 0 Å². The second-order valence-electron chi connectivity index (χ2n) is 2.42. The van der Waals surface area contributed by atoms with Gasteiger partial charge in [-0.15, -0.1) is 0 Å². The van der Waals surface area contributed by atoms with Crippen molar-refractivity contribution in [3.8, 4) is 0 Å². The number of allylic oxidation sites excluding steroid dienone is 2. The van der Waals surface area contributed by atoms with Crippen LogP contribution in [0.1, 0.15) is 18.9 Å². The summed E-state index contributed by atoms with van der Waals surface area (Å²) in [5.41, 5.74) is 1.30. The minimum absolute atomic E-state index is 1.03. The molecule has 1 aromatic rings. The highest BCUT2D eigenvalue weighted by Gasteiger charge is 1.86. The Kier molecular flexibility index (Phi) is 3.46. The summed E-state index contributed by atoms with van der Waals surface area (Å²) in [5, 5.41) is 0. The molecule has 0 aliphatic rings. The van der Waals surface area contributed by atoms with Crippen molar-refractivity contribution in [2.45, 2.75) is 13.3 Å². The Balaban J connectivity index is 2.39. The number of rotatable bonds is 3. The molecule has 0 unspecified atom stereocenters. The van der Waals surface area contributed by atoms with Crippen molar-refractivity contribution in [3.05, 3.63) is 54.5 Å². The zero-order chi connectivity index (χ0) is 7.94. The van der Waals surface area contributed by atoms with Crippen molar-refractivity contribution < 1.29 is 0 Å². The van der Waals surface area contributed by atoms with Gasteiger partial charge in [0.15, 0.2) is 0 Å². The van der Waals surface area contributed by atoms with Gasteiger partial charge in [0.2, 0.25) is 0 Å². The van der Waals surface area contributed by atoms with Gasteiger partial charge in [0, 0.05) is 0 Å². The monoisotopic (exact) mass is 145 g/mol. The van der Waals surface area contributed by atoms with Crippen molar-refractivity contribution in [2.75, 3.05) is 0 Å². The smallest absolute Gasteiger partial charge is 0.00556 e. The molecule has 0 aliphatic carbocycles. The maximum absolute atomic E-state index is 2.21. The van der Waals surface area contributed by atoms with E-state index in [1.165, 1.54) is 5.56 Å². The third kappa shape index (κ3) is 3.03. The largest absolute Gasteiger partial charge is 0.0916 e. The van der Waals surface area contributed by atoms with E-state index in [4.69, 9.17) is 0 Å². The van der Waals surface area contributed by atoms with Gasteiger partial charge in [0.1, 0.15) is 0 Å². The van der Waals surface area contributed by atoms with Crippen molar-refractivity contribution in [1.29, 1.82) is 0 Å². The molecule has 0 bridgehead atoms. The lowest BCUT2D eigenvalue weighted by molar-refractivity contribution is 1.24. The highest BCUT2D eigenvalue weighted by atomic mass is 13.9. The van der Waals surface area contributed by atoms with Gasteiger partial charge in [-0.2, -0.15) is 0 Å². The van der Waals surface area contributed by atoms with Crippen LogP contribution in [0.4, 0.5) is 0 Å². The van der Waals surface area contributed by atoms with E-state index in [0.717, 1.165) is 6.42 Å². The fourth-order valence-electron chi connectivity index (χ4n) is 0.929. The fourth-order valence-corrected chi connectivity index (χ4v) is 0.929. The summed E-state index contributed by atoms with van der Waals surface area (Å²) in [6.07, 6.45) is 7.45. The van der Waals surface area contributed by atoms with Crippen LogP contribution in [0.5, 0.6) is 0 Å². The van der Waals surface area contributed by atoms with E-state index < -0.39 is 0 Å². The number of benzene rings is 1. The van der Waals surface area contributed by atoms with E-state index in [1.54, 1.807) is 0 Å². The lowest BCUT2D eigenvalue weighted by Gasteiger charge is -1.94. The molecule has 11 heavy (non-hydrogen) atoms. The predicted octanol–water partition coefficient (Wildman–Crippen LogP) is 3.21. The molecule has 0 amide bonds. The van der Waals surface area contributed by atoms with Crippen molar-refractivity contribution in [3.63, 3.8) is 0 Å². The molecule has 1 aromatic carbocycles. The van der Waals surface area contributed by atoms with Crippen LogP contribution in [0.25, 0.3) is 0 Å². The van der Waals surface area contributed by atoms with E-state index in [-0.39, 0.29) is 0 Å². The Morgan fingerprint density at radius 3 is 2.55 bits per heavy atom. The van der Waals surface area contributed by atoms with Gasteiger partial charge in [-0.1, -0.05) is 42.5 Å². The summed E-state index contributed by atoms with van der Waals surface area (Å²) in [6.45, 7) is 2.04. The zero-order valence-corrected chi connectivity index (χ0v) is 6.83. The third-order valence-corrected chi connectivity index (χ3v) is 1.52. The van der Waals surface area contributed by atoms with Crippen LogP contribution in [0.2, 0.25) is 0 Å². The molecule has 1 radical (unpaired) electrons. The van der Waals surface area contributed by atoms with Gasteiger partial charge in [-0.3, -0.25) is 0 Å². The maximum atomic E-state index is 2.21. The normalized spacial score (nSPS) is 10.6. The average Bonchev–Trinajstić information content (AvgIpc) is 2.07. The second kappa shape index (κ2) is 4.73. The minimum atomic E-state index is 1.03. The van der Waals surface area contributed by atoms with E-state index in [1.807, 2.05) is 13.0 Å². The minimum Gasteiger partial charge on any atom is -0.0916 e. The molecule has 0 atom stereocenters. The van der Waals surface area contributed by atoms with Gasteiger partial charge in [-0.25, -0.2) is 0 Å².